The van der Waals surface area contributed by atoms with Gasteiger partial charge in [-0.2, -0.15) is 0 Å². The van der Waals surface area contributed by atoms with Crippen LogP contribution in [-0.4, -0.2) is 6.54 Å². The predicted molar refractivity (Wildman–Crippen MR) is 78.8 cm³/mol. The van der Waals surface area contributed by atoms with Gasteiger partial charge in [-0.1, -0.05) is 24.3 Å². The van der Waals surface area contributed by atoms with Crippen LogP contribution in [0.4, 0.5) is 11.4 Å². The number of nitrogens with two attached hydrogens (primary N) is 1. The summed E-state index contributed by atoms with van der Waals surface area (Å²) in [7, 11) is 0. The molecule has 0 unspecified atom stereocenters. The second-order valence-electron chi connectivity index (χ2n) is 4.53. The SMILES string of the molecule is CCN(Cc1ccccc1C)c1ccc(N)cc1. The number of hydrogen-bond acceptors (Lipinski definition) is 2. The van der Waals surface area contributed by atoms with E-state index in [0.29, 0.717) is 0 Å². The summed E-state index contributed by atoms with van der Waals surface area (Å²) in [6.07, 6.45) is 0. The van der Waals surface area contributed by atoms with Gasteiger partial charge in [0.25, 0.3) is 0 Å². The first-order chi connectivity index (χ1) is 8.70. The first-order valence-corrected chi connectivity index (χ1v) is 6.35. The highest BCUT2D eigenvalue weighted by molar-refractivity contribution is 5.53. The third-order valence-electron chi connectivity index (χ3n) is 3.26. The van der Waals surface area contributed by atoms with Gasteiger partial charge in [-0.15, -0.1) is 0 Å². The second kappa shape index (κ2) is 5.58. The number of nitrogens with zero attached hydrogens (tertiary/aromatic N) is 1. The minimum absolute atomic E-state index is 0.811. The van der Waals surface area contributed by atoms with E-state index in [2.05, 4.69) is 55.1 Å². The molecule has 0 saturated carbocycles. The Labute approximate surface area is 109 Å². The van der Waals surface area contributed by atoms with Crippen LogP contribution < -0.4 is 10.6 Å². The van der Waals surface area contributed by atoms with Gasteiger partial charge in [-0.05, 0) is 49.2 Å². The molecule has 2 heteroatoms. The minimum atomic E-state index is 0.811. The average Bonchev–Trinajstić information content (AvgIpc) is 2.39. The molecule has 0 amide bonds. The maximum atomic E-state index is 5.73. The van der Waals surface area contributed by atoms with E-state index in [1.807, 2.05) is 12.1 Å². The van der Waals surface area contributed by atoms with Gasteiger partial charge in [0.1, 0.15) is 0 Å². The first-order valence-electron chi connectivity index (χ1n) is 6.35. The first kappa shape index (κ1) is 12.5. The summed E-state index contributed by atoms with van der Waals surface area (Å²) in [4.78, 5) is 2.35. The van der Waals surface area contributed by atoms with Crippen LogP contribution in [0.2, 0.25) is 0 Å². The summed E-state index contributed by atoms with van der Waals surface area (Å²) in [6, 6.07) is 16.6. The summed E-state index contributed by atoms with van der Waals surface area (Å²) >= 11 is 0. The summed E-state index contributed by atoms with van der Waals surface area (Å²) in [5.41, 5.74) is 10.5. The molecule has 2 aromatic rings. The molecular weight excluding hydrogens is 220 g/mol. The molecule has 94 valence electrons. The molecule has 0 saturated heterocycles. The van der Waals surface area contributed by atoms with E-state index in [-0.39, 0.29) is 0 Å². The second-order valence-corrected chi connectivity index (χ2v) is 4.53. The number of anilines is 2. The van der Waals surface area contributed by atoms with Crippen LogP contribution in [0, 0.1) is 6.92 Å². The Balaban J connectivity index is 2.20. The van der Waals surface area contributed by atoms with E-state index in [1.165, 1.54) is 16.8 Å². The normalized spacial score (nSPS) is 10.3. The third kappa shape index (κ3) is 2.83. The van der Waals surface area contributed by atoms with Crippen molar-refractivity contribution in [3.8, 4) is 0 Å². The Bertz CT molecular complexity index is 503. The quantitative estimate of drug-likeness (QED) is 0.827. The summed E-state index contributed by atoms with van der Waals surface area (Å²) < 4.78 is 0. The Hall–Kier alpha value is -1.96. The van der Waals surface area contributed by atoms with Gasteiger partial charge in [0.2, 0.25) is 0 Å². The zero-order valence-electron chi connectivity index (χ0n) is 11.1. The van der Waals surface area contributed by atoms with Gasteiger partial charge < -0.3 is 10.6 Å². The molecule has 0 spiro atoms. The average molecular weight is 240 g/mol. The molecular formula is C16H20N2. The molecule has 18 heavy (non-hydrogen) atoms. The van der Waals surface area contributed by atoms with E-state index in [9.17, 15) is 0 Å². The zero-order valence-corrected chi connectivity index (χ0v) is 11.1. The van der Waals surface area contributed by atoms with Gasteiger partial charge in [-0.25, -0.2) is 0 Å². The number of hydrogen-bond donors (Lipinski definition) is 1. The van der Waals surface area contributed by atoms with Gasteiger partial charge in [-0.3, -0.25) is 0 Å². The van der Waals surface area contributed by atoms with Crippen molar-refractivity contribution in [3.63, 3.8) is 0 Å². The smallest absolute Gasteiger partial charge is 0.0431 e. The molecule has 0 aliphatic heterocycles. The van der Waals surface area contributed by atoms with Crippen molar-refractivity contribution >= 4 is 11.4 Å². The number of rotatable bonds is 4. The van der Waals surface area contributed by atoms with Crippen molar-refractivity contribution < 1.29 is 0 Å². The van der Waals surface area contributed by atoms with E-state index >= 15 is 0 Å². The number of aryl methyl sites for hydroxylation is 1. The van der Waals surface area contributed by atoms with Crippen LogP contribution in [0.5, 0.6) is 0 Å². The fourth-order valence-electron chi connectivity index (χ4n) is 2.06. The van der Waals surface area contributed by atoms with Crippen molar-refractivity contribution in [3.05, 3.63) is 59.7 Å². The molecule has 2 N–H and O–H groups in total. The van der Waals surface area contributed by atoms with Crippen LogP contribution in [0.15, 0.2) is 48.5 Å². The molecule has 2 rings (SSSR count). The number of nitrogen functional groups attached to an aromatic ring is 1. The lowest BCUT2D eigenvalue weighted by atomic mass is 10.1. The molecule has 0 aromatic heterocycles. The number of benzene rings is 2. The van der Waals surface area contributed by atoms with Crippen LogP contribution in [0.1, 0.15) is 18.1 Å². The highest BCUT2D eigenvalue weighted by Gasteiger charge is 2.06. The molecule has 0 radical (unpaired) electrons. The van der Waals surface area contributed by atoms with E-state index in [4.69, 9.17) is 5.73 Å². The van der Waals surface area contributed by atoms with Gasteiger partial charge in [0, 0.05) is 24.5 Å². The van der Waals surface area contributed by atoms with Crippen molar-refractivity contribution in [1.82, 2.24) is 0 Å². The lowest BCUT2D eigenvalue weighted by Gasteiger charge is -2.24. The van der Waals surface area contributed by atoms with Crippen LogP contribution in [-0.2, 0) is 6.54 Å². The van der Waals surface area contributed by atoms with Crippen LogP contribution >= 0.6 is 0 Å². The molecule has 2 nitrogen and oxygen atoms in total. The monoisotopic (exact) mass is 240 g/mol. The minimum Gasteiger partial charge on any atom is -0.399 e. The lowest BCUT2D eigenvalue weighted by Crippen LogP contribution is -2.22. The Morgan fingerprint density at radius 3 is 2.28 bits per heavy atom. The Kier molecular flexibility index (Phi) is 3.88. The van der Waals surface area contributed by atoms with Crippen molar-refractivity contribution in [2.45, 2.75) is 20.4 Å². The summed E-state index contributed by atoms with van der Waals surface area (Å²) in [6.45, 7) is 6.26. The highest BCUT2D eigenvalue weighted by Crippen LogP contribution is 2.19. The van der Waals surface area contributed by atoms with Crippen LogP contribution in [0.25, 0.3) is 0 Å². The van der Waals surface area contributed by atoms with Gasteiger partial charge in [0.15, 0.2) is 0 Å². The highest BCUT2D eigenvalue weighted by atomic mass is 15.1. The predicted octanol–water partition coefficient (Wildman–Crippen LogP) is 3.60. The summed E-state index contributed by atoms with van der Waals surface area (Å²) in [5.74, 6) is 0. The van der Waals surface area contributed by atoms with E-state index in [0.717, 1.165) is 18.8 Å². The zero-order chi connectivity index (χ0) is 13.0. The molecule has 0 aliphatic rings. The molecule has 0 fully saturated rings. The molecule has 2 aromatic carbocycles. The fraction of sp³-hybridized carbons (Fsp3) is 0.250. The van der Waals surface area contributed by atoms with Crippen molar-refractivity contribution in [2.75, 3.05) is 17.2 Å². The molecule has 0 heterocycles. The van der Waals surface area contributed by atoms with Crippen molar-refractivity contribution in [1.29, 1.82) is 0 Å². The maximum absolute atomic E-state index is 5.73. The largest absolute Gasteiger partial charge is 0.399 e. The topological polar surface area (TPSA) is 29.3 Å². The summed E-state index contributed by atoms with van der Waals surface area (Å²) in [5, 5.41) is 0. The Morgan fingerprint density at radius 1 is 1.00 bits per heavy atom. The lowest BCUT2D eigenvalue weighted by molar-refractivity contribution is 0.827. The van der Waals surface area contributed by atoms with Crippen molar-refractivity contribution in [2.24, 2.45) is 0 Å². The van der Waals surface area contributed by atoms with E-state index in [1.54, 1.807) is 0 Å². The van der Waals surface area contributed by atoms with Gasteiger partial charge in [0.05, 0.1) is 0 Å². The fourth-order valence-corrected chi connectivity index (χ4v) is 2.06. The molecule has 0 aliphatic carbocycles. The maximum Gasteiger partial charge on any atom is 0.0431 e. The van der Waals surface area contributed by atoms with Gasteiger partial charge >= 0.3 is 0 Å². The molecule has 0 atom stereocenters. The molecule has 0 bridgehead atoms. The van der Waals surface area contributed by atoms with Crippen LogP contribution in [0.3, 0.4) is 0 Å². The van der Waals surface area contributed by atoms with E-state index < -0.39 is 0 Å². The Morgan fingerprint density at radius 2 is 1.67 bits per heavy atom. The standard InChI is InChI=1S/C16H20N2/c1-3-18(16-10-8-15(17)9-11-16)12-14-7-5-4-6-13(14)2/h4-11H,3,12,17H2,1-2H3. The third-order valence-corrected chi connectivity index (χ3v) is 3.26.